The molecule has 3 heteroatoms. The Hall–Kier alpha value is -0.570. The molecule has 1 aromatic heterocycles. The summed E-state index contributed by atoms with van der Waals surface area (Å²) in [5, 5.41) is 0. The molecule has 0 spiro atoms. The van der Waals surface area contributed by atoms with Gasteiger partial charge in [0.05, 0.1) is 4.47 Å². The second kappa shape index (κ2) is 4.52. The average molecular weight is 269 g/mol. The quantitative estimate of drug-likeness (QED) is 0.832. The maximum atomic E-state index is 4.47. The first-order valence-electron chi connectivity index (χ1n) is 5.55. The zero-order chi connectivity index (χ0) is 10.8. The molecule has 0 amide bonds. The van der Waals surface area contributed by atoms with E-state index in [4.69, 9.17) is 0 Å². The number of aromatic nitrogens is 1. The van der Waals surface area contributed by atoms with Gasteiger partial charge < -0.3 is 4.90 Å². The van der Waals surface area contributed by atoms with E-state index in [1.54, 1.807) is 0 Å². The Balaban J connectivity index is 2.20. The summed E-state index contributed by atoms with van der Waals surface area (Å²) in [6, 6.07) is 4.75. The lowest BCUT2D eigenvalue weighted by Crippen LogP contribution is -2.30. The van der Waals surface area contributed by atoms with Crippen LogP contribution in [0.3, 0.4) is 0 Å². The summed E-state index contributed by atoms with van der Waals surface area (Å²) in [7, 11) is 0. The molecule has 15 heavy (non-hydrogen) atoms. The molecular weight excluding hydrogens is 252 g/mol. The second-order valence-corrected chi connectivity index (χ2v) is 5.44. The summed E-state index contributed by atoms with van der Waals surface area (Å²) in [5.74, 6) is 1.79. The van der Waals surface area contributed by atoms with E-state index in [-0.39, 0.29) is 0 Å². The zero-order valence-electron chi connectivity index (χ0n) is 9.28. The Bertz CT molecular complexity index is 334. The molecule has 2 nitrogen and oxygen atoms in total. The van der Waals surface area contributed by atoms with Gasteiger partial charge in [0.2, 0.25) is 0 Å². The van der Waals surface area contributed by atoms with E-state index in [1.807, 2.05) is 12.3 Å². The normalized spacial score (nSPS) is 15.7. The van der Waals surface area contributed by atoms with Gasteiger partial charge in [0.15, 0.2) is 0 Å². The van der Waals surface area contributed by atoms with Crippen molar-refractivity contribution in [3.63, 3.8) is 0 Å². The minimum atomic E-state index is 0.680. The number of hydrogen-bond donors (Lipinski definition) is 0. The van der Waals surface area contributed by atoms with Crippen LogP contribution in [0.5, 0.6) is 0 Å². The standard InChI is InChI=1S/C12H17BrN2/c1-9(2)8-15(10-5-6-10)12-11(13)4-3-7-14-12/h3-4,7,9-10H,5-6,8H2,1-2H3. The van der Waals surface area contributed by atoms with Gasteiger partial charge in [-0.05, 0) is 46.8 Å². The van der Waals surface area contributed by atoms with Crippen molar-refractivity contribution < 1.29 is 0 Å². The third kappa shape index (κ3) is 2.71. The van der Waals surface area contributed by atoms with E-state index >= 15 is 0 Å². The van der Waals surface area contributed by atoms with Crippen LogP contribution in [0, 0.1) is 5.92 Å². The molecule has 1 aliphatic rings. The van der Waals surface area contributed by atoms with Gasteiger partial charge in [0.1, 0.15) is 5.82 Å². The van der Waals surface area contributed by atoms with Crippen molar-refractivity contribution >= 4 is 21.7 Å². The van der Waals surface area contributed by atoms with E-state index in [9.17, 15) is 0 Å². The highest BCUT2D eigenvalue weighted by atomic mass is 79.9. The van der Waals surface area contributed by atoms with Gasteiger partial charge in [-0.15, -0.1) is 0 Å². The summed E-state index contributed by atoms with van der Waals surface area (Å²) in [6.45, 7) is 5.61. The van der Waals surface area contributed by atoms with Gasteiger partial charge in [-0.3, -0.25) is 0 Å². The third-order valence-corrected chi connectivity index (χ3v) is 3.18. The van der Waals surface area contributed by atoms with Crippen molar-refractivity contribution in [1.29, 1.82) is 0 Å². The minimum Gasteiger partial charge on any atom is -0.352 e. The lowest BCUT2D eigenvalue weighted by molar-refractivity contribution is 0.602. The topological polar surface area (TPSA) is 16.1 Å². The molecular formula is C12H17BrN2. The molecule has 1 fully saturated rings. The van der Waals surface area contributed by atoms with Gasteiger partial charge in [-0.2, -0.15) is 0 Å². The van der Waals surface area contributed by atoms with Crippen molar-refractivity contribution in [3.8, 4) is 0 Å². The molecule has 0 aliphatic heterocycles. The SMILES string of the molecule is CC(C)CN(c1ncccc1Br)C1CC1. The molecule has 1 aliphatic carbocycles. The van der Waals surface area contributed by atoms with Crippen LogP contribution in [0.2, 0.25) is 0 Å². The molecule has 0 unspecified atom stereocenters. The van der Waals surface area contributed by atoms with Crippen molar-refractivity contribution in [2.75, 3.05) is 11.4 Å². The Labute approximate surface area is 99.8 Å². The van der Waals surface area contributed by atoms with Crippen LogP contribution in [0.1, 0.15) is 26.7 Å². The molecule has 1 heterocycles. The number of pyridine rings is 1. The molecule has 1 aromatic rings. The van der Waals surface area contributed by atoms with Crippen LogP contribution in [-0.4, -0.2) is 17.6 Å². The van der Waals surface area contributed by atoms with Gasteiger partial charge in [-0.25, -0.2) is 4.98 Å². The summed E-state index contributed by atoms with van der Waals surface area (Å²) >= 11 is 3.58. The zero-order valence-corrected chi connectivity index (χ0v) is 10.9. The first kappa shape index (κ1) is 10.9. The fourth-order valence-electron chi connectivity index (χ4n) is 1.78. The minimum absolute atomic E-state index is 0.680. The number of hydrogen-bond acceptors (Lipinski definition) is 2. The maximum absolute atomic E-state index is 4.47. The van der Waals surface area contributed by atoms with Crippen molar-refractivity contribution in [2.24, 2.45) is 5.92 Å². The fraction of sp³-hybridized carbons (Fsp3) is 0.583. The van der Waals surface area contributed by atoms with Crippen molar-refractivity contribution in [2.45, 2.75) is 32.7 Å². The van der Waals surface area contributed by atoms with Crippen LogP contribution in [0.4, 0.5) is 5.82 Å². The lowest BCUT2D eigenvalue weighted by atomic mass is 10.2. The summed E-state index contributed by atoms with van der Waals surface area (Å²) in [5.41, 5.74) is 0. The molecule has 0 N–H and O–H groups in total. The molecule has 0 radical (unpaired) electrons. The third-order valence-electron chi connectivity index (χ3n) is 2.56. The Kier molecular flexibility index (Phi) is 3.29. The second-order valence-electron chi connectivity index (χ2n) is 4.59. The number of anilines is 1. The first-order valence-corrected chi connectivity index (χ1v) is 6.35. The van der Waals surface area contributed by atoms with Crippen molar-refractivity contribution in [1.82, 2.24) is 4.98 Å². The first-order chi connectivity index (χ1) is 7.18. The predicted molar refractivity (Wildman–Crippen MR) is 67.1 cm³/mol. The summed E-state index contributed by atoms with van der Waals surface area (Å²) < 4.78 is 1.11. The summed E-state index contributed by atoms with van der Waals surface area (Å²) in [6.07, 6.45) is 4.50. The Morgan fingerprint density at radius 2 is 2.27 bits per heavy atom. The van der Waals surface area contributed by atoms with Gasteiger partial charge in [0.25, 0.3) is 0 Å². The van der Waals surface area contributed by atoms with Gasteiger partial charge >= 0.3 is 0 Å². The van der Waals surface area contributed by atoms with Gasteiger partial charge in [0, 0.05) is 18.8 Å². The highest BCUT2D eigenvalue weighted by Crippen LogP contribution is 2.34. The molecule has 0 aromatic carbocycles. The lowest BCUT2D eigenvalue weighted by Gasteiger charge is -2.26. The monoisotopic (exact) mass is 268 g/mol. The van der Waals surface area contributed by atoms with Gasteiger partial charge in [-0.1, -0.05) is 13.8 Å². The Morgan fingerprint density at radius 1 is 1.53 bits per heavy atom. The molecule has 2 rings (SSSR count). The smallest absolute Gasteiger partial charge is 0.143 e. The van der Waals surface area contributed by atoms with E-state index in [0.717, 1.165) is 22.9 Å². The van der Waals surface area contributed by atoms with Crippen LogP contribution >= 0.6 is 15.9 Å². The summed E-state index contributed by atoms with van der Waals surface area (Å²) in [4.78, 5) is 6.91. The average Bonchev–Trinajstić information content (AvgIpc) is 2.98. The maximum Gasteiger partial charge on any atom is 0.143 e. The van der Waals surface area contributed by atoms with E-state index < -0.39 is 0 Å². The molecule has 0 bridgehead atoms. The number of nitrogens with zero attached hydrogens (tertiary/aromatic N) is 2. The fourth-order valence-corrected chi connectivity index (χ4v) is 2.26. The van der Waals surface area contributed by atoms with E-state index in [2.05, 4.69) is 45.7 Å². The molecule has 82 valence electrons. The van der Waals surface area contributed by atoms with Crippen molar-refractivity contribution in [3.05, 3.63) is 22.8 Å². The Morgan fingerprint density at radius 3 is 2.80 bits per heavy atom. The van der Waals surface area contributed by atoms with Crippen LogP contribution in [0.25, 0.3) is 0 Å². The predicted octanol–water partition coefficient (Wildman–Crippen LogP) is 3.47. The van der Waals surface area contributed by atoms with Crippen LogP contribution < -0.4 is 4.90 Å². The van der Waals surface area contributed by atoms with Crippen LogP contribution in [-0.2, 0) is 0 Å². The van der Waals surface area contributed by atoms with E-state index in [1.165, 1.54) is 12.8 Å². The van der Waals surface area contributed by atoms with E-state index in [0.29, 0.717) is 5.92 Å². The molecule has 0 saturated heterocycles. The number of halogens is 1. The van der Waals surface area contributed by atoms with Crippen LogP contribution in [0.15, 0.2) is 22.8 Å². The highest BCUT2D eigenvalue weighted by Gasteiger charge is 2.31. The largest absolute Gasteiger partial charge is 0.352 e. The highest BCUT2D eigenvalue weighted by molar-refractivity contribution is 9.10. The molecule has 1 saturated carbocycles. The molecule has 0 atom stereocenters. The number of rotatable bonds is 4.